The monoisotopic (exact) mass is 402 g/mol. The van der Waals surface area contributed by atoms with Crippen LogP contribution in [-0.4, -0.2) is 37.9 Å². The molecule has 0 unspecified atom stereocenters. The number of carbonyl (C=O) groups is 1. The molecule has 8 heteroatoms. The summed E-state index contributed by atoms with van der Waals surface area (Å²) in [5.74, 6) is -0.0681. The van der Waals surface area contributed by atoms with E-state index in [4.69, 9.17) is 9.47 Å². The van der Waals surface area contributed by atoms with Crippen molar-refractivity contribution < 1.29 is 19.4 Å². The van der Waals surface area contributed by atoms with Gasteiger partial charge in [0.05, 0.1) is 36.6 Å². The van der Waals surface area contributed by atoms with Crippen LogP contribution in [-0.2, 0) is 6.61 Å². The molecule has 3 heterocycles. The summed E-state index contributed by atoms with van der Waals surface area (Å²) in [7, 11) is 1.52. The highest BCUT2D eigenvalue weighted by molar-refractivity contribution is 5.87. The molecule has 3 aromatic heterocycles. The minimum absolute atomic E-state index is 0.0907. The first kappa shape index (κ1) is 19.1. The predicted octanol–water partition coefficient (Wildman–Crippen LogP) is 3.62. The molecule has 0 spiro atoms. The van der Waals surface area contributed by atoms with Gasteiger partial charge in [0.2, 0.25) is 5.88 Å². The maximum absolute atomic E-state index is 11.5. The maximum atomic E-state index is 11.5. The number of rotatable bonds is 7. The summed E-state index contributed by atoms with van der Waals surface area (Å²) in [6, 6.07) is 18.3. The number of aromatic nitrogens is 4. The SMILES string of the molecule is COc1ccc(-n2nc(C(=O)O)cc2-c2ccc(OCc3ccccc3)cn2)cn1. The van der Waals surface area contributed by atoms with Crippen molar-refractivity contribution >= 4 is 5.97 Å². The van der Waals surface area contributed by atoms with Crippen LogP contribution in [0.2, 0.25) is 0 Å². The van der Waals surface area contributed by atoms with E-state index in [1.807, 2.05) is 30.3 Å². The predicted molar refractivity (Wildman–Crippen MR) is 109 cm³/mol. The normalized spacial score (nSPS) is 10.6. The summed E-state index contributed by atoms with van der Waals surface area (Å²) in [4.78, 5) is 20.0. The second-order valence-corrected chi connectivity index (χ2v) is 6.34. The Bertz CT molecular complexity index is 1140. The van der Waals surface area contributed by atoms with Gasteiger partial charge in [-0.3, -0.25) is 4.98 Å². The molecule has 1 N–H and O–H groups in total. The van der Waals surface area contributed by atoms with Crippen LogP contribution in [0.4, 0.5) is 0 Å². The highest BCUT2D eigenvalue weighted by Gasteiger charge is 2.17. The van der Waals surface area contributed by atoms with Crippen LogP contribution in [0.5, 0.6) is 11.6 Å². The maximum Gasteiger partial charge on any atom is 0.356 e. The Kier molecular flexibility index (Phi) is 5.38. The standard InChI is InChI=1S/C22H18N4O4/c1-29-21-10-7-16(12-24-21)26-20(11-19(25-26)22(27)28)18-9-8-17(13-23-18)30-14-15-5-3-2-4-6-15/h2-13H,14H2,1H3,(H,27,28). The van der Waals surface area contributed by atoms with Crippen LogP contribution in [0.15, 0.2) is 73.1 Å². The Morgan fingerprint density at radius 3 is 2.50 bits per heavy atom. The summed E-state index contributed by atoms with van der Waals surface area (Å²) in [5.41, 5.74) is 2.63. The third-order valence-corrected chi connectivity index (χ3v) is 4.35. The summed E-state index contributed by atoms with van der Waals surface area (Å²) in [6.07, 6.45) is 3.15. The van der Waals surface area contributed by atoms with Gasteiger partial charge in [-0.15, -0.1) is 0 Å². The van der Waals surface area contributed by atoms with Gasteiger partial charge >= 0.3 is 5.97 Å². The molecule has 0 atom stereocenters. The van der Waals surface area contributed by atoms with Crippen molar-refractivity contribution in [3.05, 3.63) is 84.3 Å². The minimum atomic E-state index is -1.13. The van der Waals surface area contributed by atoms with Crippen molar-refractivity contribution in [2.24, 2.45) is 0 Å². The van der Waals surface area contributed by atoms with Gasteiger partial charge < -0.3 is 14.6 Å². The van der Waals surface area contributed by atoms with Gasteiger partial charge in [0.25, 0.3) is 0 Å². The average molecular weight is 402 g/mol. The number of carboxylic acids is 1. The highest BCUT2D eigenvalue weighted by atomic mass is 16.5. The Labute approximate surface area is 172 Å². The average Bonchev–Trinajstić information content (AvgIpc) is 3.25. The Morgan fingerprint density at radius 2 is 1.87 bits per heavy atom. The third-order valence-electron chi connectivity index (χ3n) is 4.35. The van der Waals surface area contributed by atoms with Gasteiger partial charge in [-0.25, -0.2) is 14.5 Å². The van der Waals surface area contributed by atoms with E-state index in [0.717, 1.165) is 5.56 Å². The van der Waals surface area contributed by atoms with E-state index in [1.165, 1.54) is 17.9 Å². The van der Waals surface area contributed by atoms with Gasteiger partial charge in [-0.2, -0.15) is 5.10 Å². The molecule has 0 saturated heterocycles. The molecule has 30 heavy (non-hydrogen) atoms. The number of hydrogen-bond acceptors (Lipinski definition) is 6. The molecular weight excluding hydrogens is 384 g/mol. The van der Waals surface area contributed by atoms with Gasteiger partial charge in [0.1, 0.15) is 12.4 Å². The number of methoxy groups -OCH3 is 1. The number of aromatic carboxylic acids is 1. The van der Waals surface area contributed by atoms with Crippen molar-refractivity contribution in [3.63, 3.8) is 0 Å². The molecule has 1 aromatic carbocycles. The minimum Gasteiger partial charge on any atom is -0.487 e. The zero-order chi connectivity index (χ0) is 20.9. The van der Waals surface area contributed by atoms with Crippen LogP contribution in [0.3, 0.4) is 0 Å². The molecule has 0 bridgehead atoms. The Hall–Kier alpha value is -4.20. The van der Waals surface area contributed by atoms with Crippen LogP contribution in [0.25, 0.3) is 17.1 Å². The van der Waals surface area contributed by atoms with E-state index in [-0.39, 0.29) is 5.69 Å². The van der Waals surface area contributed by atoms with Crippen LogP contribution in [0.1, 0.15) is 16.1 Å². The molecule has 0 amide bonds. The first-order valence-electron chi connectivity index (χ1n) is 9.11. The topological polar surface area (TPSA) is 99.4 Å². The fourth-order valence-electron chi connectivity index (χ4n) is 2.84. The Balaban J connectivity index is 1.61. The van der Waals surface area contributed by atoms with Crippen molar-refractivity contribution in [3.8, 4) is 28.7 Å². The van der Waals surface area contributed by atoms with Crippen LogP contribution in [0, 0.1) is 0 Å². The summed E-state index contributed by atoms with van der Waals surface area (Å²) >= 11 is 0. The van der Waals surface area contributed by atoms with E-state index in [2.05, 4.69) is 15.1 Å². The molecule has 4 aromatic rings. The number of benzene rings is 1. The fourth-order valence-corrected chi connectivity index (χ4v) is 2.84. The molecule has 4 rings (SSSR count). The van der Waals surface area contributed by atoms with Crippen molar-refractivity contribution in [1.82, 2.24) is 19.7 Å². The second-order valence-electron chi connectivity index (χ2n) is 6.34. The van der Waals surface area contributed by atoms with E-state index >= 15 is 0 Å². The largest absolute Gasteiger partial charge is 0.487 e. The highest BCUT2D eigenvalue weighted by Crippen LogP contribution is 2.25. The first-order valence-corrected chi connectivity index (χ1v) is 9.11. The molecule has 0 radical (unpaired) electrons. The number of hydrogen-bond donors (Lipinski definition) is 1. The second kappa shape index (κ2) is 8.44. The lowest BCUT2D eigenvalue weighted by Crippen LogP contribution is -2.03. The summed E-state index contributed by atoms with van der Waals surface area (Å²) < 4.78 is 12.3. The van der Waals surface area contributed by atoms with Crippen LogP contribution >= 0.6 is 0 Å². The van der Waals surface area contributed by atoms with Gasteiger partial charge in [-0.1, -0.05) is 30.3 Å². The molecule has 0 aliphatic rings. The molecule has 0 aliphatic heterocycles. The van der Waals surface area contributed by atoms with Crippen molar-refractivity contribution in [1.29, 1.82) is 0 Å². The van der Waals surface area contributed by atoms with E-state index in [0.29, 0.717) is 35.3 Å². The van der Waals surface area contributed by atoms with E-state index < -0.39 is 5.97 Å². The lowest BCUT2D eigenvalue weighted by Gasteiger charge is -2.09. The molecule has 0 fully saturated rings. The smallest absolute Gasteiger partial charge is 0.356 e. The van der Waals surface area contributed by atoms with Gasteiger partial charge in [-0.05, 0) is 23.8 Å². The zero-order valence-corrected chi connectivity index (χ0v) is 16.1. The number of carboxylic acid groups (broad SMARTS) is 1. The summed E-state index contributed by atoms with van der Waals surface area (Å²) in [5, 5.41) is 13.5. The molecular formula is C22H18N4O4. The zero-order valence-electron chi connectivity index (χ0n) is 16.1. The van der Waals surface area contributed by atoms with Crippen molar-refractivity contribution in [2.45, 2.75) is 6.61 Å². The molecule has 150 valence electrons. The molecule has 8 nitrogen and oxygen atoms in total. The molecule has 0 aliphatic carbocycles. The first-order chi connectivity index (χ1) is 14.6. The van der Waals surface area contributed by atoms with E-state index in [1.54, 1.807) is 36.7 Å². The number of pyridine rings is 2. The number of nitrogens with zero attached hydrogens (tertiary/aromatic N) is 4. The molecule has 0 saturated carbocycles. The summed E-state index contributed by atoms with van der Waals surface area (Å²) in [6.45, 7) is 0.431. The van der Waals surface area contributed by atoms with Gasteiger partial charge in [0, 0.05) is 12.1 Å². The van der Waals surface area contributed by atoms with Crippen LogP contribution < -0.4 is 9.47 Å². The van der Waals surface area contributed by atoms with Gasteiger partial charge in [0.15, 0.2) is 5.69 Å². The van der Waals surface area contributed by atoms with Crippen molar-refractivity contribution in [2.75, 3.05) is 7.11 Å². The van der Waals surface area contributed by atoms with E-state index in [9.17, 15) is 9.90 Å². The quantitative estimate of drug-likeness (QED) is 0.504. The third kappa shape index (κ3) is 4.12. The fraction of sp³-hybridized carbons (Fsp3) is 0.0909. The lowest BCUT2D eigenvalue weighted by molar-refractivity contribution is 0.0690. The number of ether oxygens (including phenoxy) is 2. The Morgan fingerprint density at radius 1 is 1.03 bits per heavy atom. The lowest BCUT2D eigenvalue weighted by atomic mass is 10.2.